The molecule has 0 spiro atoms. The second kappa shape index (κ2) is 5.12. The first-order valence-corrected chi connectivity index (χ1v) is 5.69. The van der Waals surface area contributed by atoms with E-state index in [0.29, 0.717) is 6.04 Å². The molecule has 88 valence electrons. The second-order valence-corrected chi connectivity index (χ2v) is 4.06. The molecule has 2 atom stereocenters. The number of ether oxygens (including phenoxy) is 1. The summed E-state index contributed by atoms with van der Waals surface area (Å²) in [4.78, 5) is 17.9. The van der Waals surface area contributed by atoms with Gasteiger partial charge in [0.2, 0.25) is 0 Å². The van der Waals surface area contributed by atoms with E-state index in [1.165, 1.54) is 18.8 Å². The van der Waals surface area contributed by atoms with Crippen molar-refractivity contribution in [3.8, 4) is 5.88 Å². The molecule has 0 saturated heterocycles. The smallest absolute Gasteiger partial charge is 0.310 e. The Morgan fingerprint density at radius 2 is 2.31 bits per heavy atom. The number of rotatable bonds is 3. The molecule has 0 aliphatic heterocycles. The SMILES string of the molecule is CNC1CCCCC1Oc1ncc[nH]c1=O. The van der Waals surface area contributed by atoms with Crippen LogP contribution in [0.3, 0.4) is 0 Å². The Hall–Kier alpha value is -1.36. The molecule has 1 aromatic rings. The highest BCUT2D eigenvalue weighted by molar-refractivity contribution is 5.04. The second-order valence-electron chi connectivity index (χ2n) is 4.06. The molecule has 2 unspecified atom stereocenters. The van der Waals surface area contributed by atoms with Crippen LogP contribution in [0.25, 0.3) is 0 Å². The number of aromatic amines is 1. The highest BCUT2D eigenvalue weighted by atomic mass is 16.5. The Labute approximate surface area is 94.2 Å². The van der Waals surface area contributed by atoms with Crippen LogP contribution in [0.15, 0.2) is 17.2 Å². The van der Waals surface area contributed by atoms with Gasteiger partial charge in [-0.3, -0.25) is 4.79 Å². The monoisotopic (exact) mass is 223 g/mol. The minimum atomic E-state index is -0.261. The summed E-state index contributed by atoms with van der Waals surface area (Å²) in [6.45, 7) is 0. The van der Waals surface area contributed by atoms with E-state index in [1.54, 1.807) is 0 Å². The highest BCUT2D eigenvalue weighted by Crippen LogP contribution is 2.21. The van der Waals surface area contributed by atoms with Crippen LogP contribution in [-0.4, -0.2) is 29.2 Å². The first-order valence-electron chi connectivity index (χ1n) is 5.69. The third-order valence-corrected chi connectivity index (χ3v) is 3.01. The van der Waals surface area contributed by atoms with Crippen molar-refractivity contribution < 1.29 is 4.74 Å². The van der Waals surface area contributed by atoms with Gasteiger partial charge in [-0.25, -0.2) is 4.98 Å². The first-order chi connectivity index (χ1) is 7.81. The summed E-state index contributed by atoms with van der Waals surface area (Å²) in [5.41, 5.74) is -0.261. The lowest BCUT2D eigenvalue weighted by Gasteiger charge is -2.30. The Morgan fingerprint density at radius 1 is 1.50 bits per heavy atom. The zero-order valence-electron chi connectivity index (χ0n) is 9.40. The van der Waals surface area contributed by atoms with Gasteiger partial charge in [-0.2, -0.15) is 0 Å². The van der Waals surface area contributed by atoms with Crippen LogP contribution in [0.1, 0.15) is 25.7 Å². The van der Waals surface area contributed by atoms with E-state index >= 15 is 0 Å². The van der Waals surface area contributed by atoms with Crippen LogP contribution in [-0.2, 0) is 0 Å². The lowest BCUT2D eigenvalue weighted by molar-refractivity contribution is 0.111. The number of aromatic nitrogens is 2. The topological polar surface area (TPSA) is 67.0 Å². The summed E-state index contributed by atoms with van der Waals surface area (Å²) in [6.07, 6.45) is 7.51. The highest BCUT2D eigenvalue weighted by Gasteiger charge is 2.26. The number of likely N-dealkylation sites (N-methyl/N-ethyl adjacent to an activating group) is 1. The van der Waals surface area contributed by atoms with Crippen LogP contribution in [0.5, 0.6) is 5.88 Å². The number of nitrogens with one attached hydrogen (secondary N) is 2. The molecule has 0 aromatic carbocycles. The van der Waals surface area contributed by atoms with Gasteiger partial charge in [0, 0.05) is 18.4 Å². The summed E-state index contributed by atoms with van der Waals surface area (Å²) in [5, 5.41) is 3.23. The van der Waals surface area contributed by atoms with Gasteiger partial charge in [0.05, 0.1) is 0 Å². The number of H-pyrrole nitrogens is 1. The zero-order chi connectivity index (χ0) is 11.4. The molecule has 5 nitrogen and oxygen atoms in total. The summed E-state index contributed by atoms with van der Waals surface area (Å²) in [6, 6.07) is 0.315. The molecule has 1 aliphatic rings. The van der Waals surface area contributed by atoms with E-state index < -0.39 is 0 Å². The van der Waals surface area contributed by atoms with Gasteiger partial charge in [-0.05, 0) is 26.3 Å². The molecule has 2 N–H and O–H groups in total. The fraction of sp³-hybridized carbons (Fsp3) is 0.636. The van der Waals surface area contributed by atoms with Gasteiger partial charge < -0.3 is 15.0 Å². The lowest BCUT2D eigenvalue weighted by atomic mass is 9.92. The standard InChI is InChI=1S/C11H17N3O2/c1-12-8-4-2-3-5-9(8)16-11-10(15)13-6-7-14-11/h6-9,12H,2-5H2,1H3,(H,13,15). The van der Waals surface area contributed by atoms with Crippen LogP contribution in [0, 0.1) is 0 Å². The minimum absolute atomic E-state index is 0.0507. The molecule has 1 fully saturated rings. The van der Waals surface area contributed by atoms with Gasteiger partial charge in [0.15, 0.2) is 0 Å². The van der Waals surface area contributed by atoms with Crippen LogP contribution >= 0.6 is 0 Å². The van der Waals surface area contributed by atoms with Gasteiger partial charge in [-0.15, -0.1) is 0 Å². The van der Waals surface area contributed by atoms with Crippen LogP contribution in [0.2, 0.25) is 0 Å². The zero-order valence-corrected chi connectivity index (χ0v) is 9.40. The maximum atomic E-state index is 11.4. The Kier molecular flexibility index (Phi) is 3.56. The van der Waals surface area contributed by atoms with Crippen molar-refractivity contribution in [3.63, 3.8) is 0 Å². The summed E-state index contributed by atoms with van der Waals surface area (Å²) >= 11 is 0. The van der Waals surface area contributed by atoms with E-state index in [2.05, 4.69) is 15.3 Å². The third kappa shape index (κ3) is 2.41. The van der Waals surface area contributed by atoms with Crippen molar-refractivity contribution in [1.82, 2.24) is 15.3 Å². The quantitative estimate of drug-likeness (QED) is 0.790. The van der Waals surface area contributed by atoms with Gasteiger partial charge in [0.25, 0.3) is 5.88 Å². The molecule has 16 heavy (non-hydrogen) atoms. The normalized spacial score (nSPS) is 25.3. The molecule has 0 amide bonds. The van der Waals surface area contributed by atoms with Crippen molar-refractivity contribution in [3.05, 3.63) is 22.7 Å². The summed E-state index contributed by atoms with van der Waals surface area (Å²) < 4.78 is 5.67. The molecule has 1 aromatic heterocycles. The molecule has 1 saturated carbocycles. The molecule has 1 aliphatic carbocycles. The fourth-order valence-corrected chi connectivity index (χ4v) is 2.13. The predicted molar refractivity (Wildman–Crippen MR) is 60.6 cm³/mol. The average molecular weight is 223 g/mol. The Balaban J connectivity index is 2.08. The van der Waals surface area contributed by atoms with Crippen molar-refractivity contribution in [2.75, 3.05) is 7.05 Å². The van der Waals surface area contributed by atoms with Gasteiger partial charge in [-0.1, -0.05) is 6.42 Å². The average Bonchev–Trinajstić information content (AvgIpc) is 2.33. The Morgan fingerprint density at radius 3 is 3.06 bits per heavy atom. The minimum Gasteiger partial charge on any atom is -0.469 e. The maximum Gasteiger partial charge on any atom is 0.310 e. The summed E-state index contributed by atoms with van der Waals surface area (Å²) in [5.74, 6) is 0.176. The molecule has 5 heteroatoms. The third-order valence-electron chi connectivity index (χ3n) is 3.01. The van der Waals surface area contributed by atoms with Gasteiger partial charge in [0.1, 0.15) is 6.10 Å². The molecule has 0 radical (unpaired) electrons. The molecule has 0 bridgehead atoms. The molecule has 2 rings (SSSR count). The van der Waals surface area contributed by atoms with E-state index in [9.17, 15) is 4.79 Å². The molecular formula is C11H17N3O2. The molecule has 1 heterocycles. The predicted octanol–water partition coefficient (Wildman–Crippen LogP) is 0.679. The van der Waals surface area contributed by atoms with E-state index in [-0.39, 0.29) is 17.5 Å². The van der Waals surface area contributed by atoms with Crippen molar-refractivity contribution >= 4 is 0 Å². The summed E-state index contributed by atoms with van der Waals surface area (Å²) in [7, 11) is 1.93. The van der Waals surface area contributed by atoms with Crippen LogP contribution < -0.4 is 15.6 Å². The lowest BCUT2D eigenvalue weighted by Crippen LogP contribution is -2.44. The van der Waals surface area contributed by atoms with E-state index in [0.717, 1.165) is 19.3 Å². The number of hydrogen-bond acceptors (Lipinski definition) is 4. The Bertz CT molecular complexity index is 391. The van der Waals surface area contributed by atoms with E-state index in [4.69, 9.17) is 4.74 Å². The molecular weight excluding hydrogens is 206 g/mol. The van der Waals surface area contributed by atoms with E-state index in [1.807, 2.05) is 7.05 Å². The van der Waals surface area contributed by atoms with Crippen molar-refractivity contribution in [1.29, 1.82) is 0 Å². The fourth-order valence-electron chi connectivity index (χ4n) is 2.13. The first kappa shape index (κ1) is 11.1. The number of nitrogens with zero attached hydrogens (tertiary/aromatic N) is 1. The van der Waals surface area contributed by atoms with Gasteiger partial charge >= 0.3 is 5.56 Å². The largest absolute Gasteiger partial charge is 0.469 e. The number of hydrogen-bond donors (Lipinski definition) is 2. The maximum absolute atomic E-state index is 11.4. The van der Waals surface area contributed by atoms with Crippen molar-refractivity contribution in [2.24, 2.45) is 0 Å². The van der Waals surface area contributed by atoms with Crippen molar-refractivity contribution in [2.45, 2.75) is 37.8 Å². The van der Waals surface area contributed by atoms with Crippen LogP contribution in [0.4, 0.5) is 0 Å².